The Morgan fingerprint density at radius 1 is 1.17 bits per heavy atom. The molecule has 3 aliphatic rings. The molecule has 1 aliphatic heterocycles. The van der Waals surface area contributed by atoms with Crippen LogP contribution in [0.5, 0.6) is 0 Å². The molecule has 250 valence electrons. The number of esters is 2. The quantitative estimate of drug-likeness (QED) is 0.102. The van der Waals surface area contributed by atoms with Gasteiger partial charge in [-0.1, -0.05) is 24.6 Å². The number of anilines is 1. The third-order valence-electron chi connectivity index (χ3n) is 9.04. The zero-order chi connectivity index (χ0) is 34.1. The van der Waals surface area contributed by atoms with Gasteiger partial charge >= 0.3 is 23.9 Å². The second kappa shape index (κ2) is 15.3. The van der Waals surface area contributed by atoms with E-state index >= 15 is 0 Å². The van der Waals surface area contributed by atoms with E-state index in [1.807, 2.05) is 0 Å². The maximum absolute atomic E-state index is 13.6. The maximum atomic E-state index is 13.6. The van der Waals surface area contributed by atoms with Crippen LogP contribution < -0.4 is 16.8 Å². The second-order valence-electron chi connectivity index (χ2n) is 12.1. The topological polar surface area (TPSA) is 221 Å². The van der Waals surface area contributed by atoms with Crippen LogP contribution in [-0.4, -0.2) is 68.8 Å². The van der Waals surface area contributed by atoms with Crippen LogP contribution in [0.15, 0.2) is 60.0 Å². The Bertz CT molecular complexity index is 1410. The van der Waals surface area contributed by atoms with E-state index in [0.717, 1.165) is 12.8 Å². The lowest BCUT2D eigenvalue weighted by Gasteiger charge is -2.54. The van der Waals surface area contributed by atoms with Gasteiger partial charge < -0.3 is 36.5 Å². The molecule has 1 saturated heterocycles. The zero-order valence-corrected chi connectivity index (χ0v) is 26.5. The Labute approximate surface area is 268 Å². The molecule has 2 heterocycles. The normalized spacial score (nSPS) is 27.6. The van der Waals surface area contributed by atoms with Gasteiger partial charge in [0.25, 0.3) is 5.91 Å². The Kier molecular flexibility index (Phi) is 12.0. The number of nitrogens with two attached hydrogens (primary N) is 2. The molecule has 13 heteroatoms. The first-order valence-electron chi connectivity index (χ1n) is 15.3. The van der Waals surface area contributed by atoms with Gasteiger partial charge in [0.05, 0.1) is 0 Å². The van der Waals surface area contributed by atoms with E-state index in [4.69, 9.17) is 31.2 Å². The van der Waals surface area contributed by atoms with Gasteiger partial charge in [0.1, 0.15) is 22.7 Å². The minimum atomic E-state index is -1.16. The fourth-order valence-corrected chi connectivity index (χ4v) is 6.62. The summed E-state index contributed by atoms with van der Waals surface area (Å²) in [7, 11) is 0. The largest absolute Gasteiger partial charge is 0.480 e. The van der Waals surface area contributed by atoms with E-state index < -0.39 is 46.5 Å². The fraction of sp³-hybridized carbons (Fsp3) is 0.515. The number of aromatic nitrogens is 1. The number of cyclic esters (lactones) is 1. The van der Waals surface area contributed by atoms with Crippen molar-refractivity contribution < 1.29 is 43.7 Å². The number of ether oxygens (including phenoxy) is 2. The number of nitrogens with one attached hydrogen (secondary N) is 1. The smallest absolute Gasteiger partial charge is 0.331 e. The van der Waals surface area contributed by atoms with Gasteiger partial charge in [-0.2, -0.15) is 0 Å². The Balaban J connectivity index is 0.000000498. The van der Waals surface area contributed by atoms with Crippen LogP contribution >= 0.6 is 0 Å². The number of carbonyl (C=O) groups is 5. The molecule has 1 amide bonds. The van der Waals surface area contributed by atoms with Crippen LogP contribution in [0, 0.1) is 11.3 Å². The number of hydrogen-bond donors (Lipinski definition) is 5. The summed E-state index contributed by atoms with van der Waals surface area (Å²) in [5, 5.41) is 20.3. The van der Waals surface area contributed by atoms with Gasteiger partial charge in [-0.25, -0.2) is 4.79 Å². The zero-order valence-electron chi connectivity index (χ0n) is 26.5. The minimum absolute atomic E-state index is 0.135. The number of rotatable bonds is 11. The lowest BCUT2D eigenvalue weighted by Crippen LogP contribution is -2.65. The molecule has 5 atom stereocenters. The number of hydrogen-bond acceptors (Lipinski definition) is 10. The van der Waals surface area contributed by atoms with Crippen LogP contribution in [0.2, 0.25) is 0 Å². The van der Waals surface area contributed by atoms with Crippen LogP contribution in [0.4, 0.5) is 5.69 Å². The Hall–Kier alpha value is -4.36. The summed E-state index contributed by atoms with van der Waals surface area (Å²) in [5.41, 5.74) is 8.30. The second-order valence-corrected chi connectivity index (χ2v) is 12.1. The molecule has 2 fully saturated rings. The molecular formula is C33H44N4O9. The summed E-state index contributed by atoms with van der Waals surface area (Å²) in [4.78, 5) is 64.3. The molecule has 1 aromatic heterocycles. The van der Waals surface area contributed by atoms with Gasteiger partial charge in [-0.3, -0.25) is 24.2 Å². The number of carbonyl (C=O) groups excluding carboxylic acids is 3. The van der Waals surface area contributed by atoms with E-state index in [2.05, 4.69) is 10.3 Å². The predicted molar refractivity (Wildman–Crippen MR) is 168 cm³/mol. The molecule has 2 bridgehead atoms. The standard InChI is InChI=1S/C27H30N2O7.C6H14N2O2/c1-17(23(32)33)5-4-11-25(3)21-8-13-26(24(34)36-25)12-6-19(7-14-27(21,26)35-18(2)30)22(31)29-20-9-15-28-16-10-20;7-4-2-1-3-5(8)6(9)10/h4-6,9-11,15-16,21H,7-8,12-14H2,1-3H3,(H,32,33)(H,28,29,31);5H,1-4,7-8H2,(H,9,10)/b11-4+,17-5+;/t21-,25+,26+,27-;/m0./s1. The average Bonchev–Trinajstić information content (AvgIpc) is 3.14. The molecule has 13 nitrogen and oxygen atoms in total. The first-order valence-corrected chi connectivity index (χ1v) is 15.3. The van der Waals surface area contributed by atoms with E-state index in [1.54, 1.807) is 49.7 Å². The molecule has 1 aromatic rings. The van der Waals surface area contributed by atoms with Gasteiger partial charge in [-0.15, -0.1) is 0 Å². The predicted octanol–water partition coefficient (Wildman–Crippen LogP) is 3.26. The Morgan fingerprint density at radius 2 is 1.87 bits per heavy atom. The van der Waals surface area contributed by atoms with Crippen molar-refractivity contribution in [3.8, 4) is 0 Å². The number of amides is 1. The summed E-state index contributed by atoms with van der Waals surface area (Å²) in [6.07, 6.45) is 13.6. The maximum Gasteiger partial charge on any atom is 0.331 e. The summed E-state index contributed by atoms with van der Waals surface area (Å²) in [5.74, 6) is -3.60. The highest BCUT2D eigenvalue weighted by molar-refractivity contribution is 6.04. The van der Waals surface area contributed by atoms with Crippen LogP contribution in [0.3, 0.4) is 0 Å². The lowest BCUT2D eigenvalue weighted by atomic mass is 9.62. The van der Waals surface area contributed by atoms with Crippen molar-refractivity contribution in [3.63, 3.8) is 0 Å². The van der Waals surface area contributed by atoms with Crippen molar-refractivity contribution in [2.24, 2.45) is 22.8 Å². The number of pyridine rings is 1. The Morgan fingerprint density at radius 3 is 2.48 bits per heavy atom. The van der Waals surface area contributed by atoms with Crippen molar-refractivity contribution in [1.29, 1.82) is 0 Å². The minimum Gasteiger partial charge on any atom is -0.480 e. The van der Waals surface area contributed by atoms with Crippen molar-refractivity contribution in [2.75, 3.05) is 11.9 Å². The molecule has 0 radical (unpaired) electrons. The third kappa shape index (κ3) is 7.88. The summed E-state index contributed by atoms with van der Waals surface area (Å²) in [6.45, 7) is 5.15. The van der Waals surface area contributed by atoms with Crippen LogP contribution in [0.25, 0.3) is 0 Å². The number of carboxylic acid groups (broad SMARTS) is 2. The summed E-state index contributed by atoms with van der Waals surface area (Å²) < 4.78 is 12.0. The average molecular weight is 641 g/mol. The van der Waals surface area contributed by atoms with Crippen molar-refractivity contribution in [3.05, 3.63) is 60.0 Å². The van der Waals surface area contributed by atoms with Crippen molar-refractivity contribution in [2.45, 2.75) is 89.4 Å². The number of nitrogens with zero attached hydrogens (tertiary/aromatic N) is 1. The number of carboxylic acids is 2. The van der Waals surface area contributed by atoms with E-state index in [1.165, 1.54) is 19.9 Å². The number of allylic oxidation sites excluding steroid dienone is 3. The van der Waals surface area contributed by atoms with Crippen molar-refractivity contribution in [1.82, 2.24) is 4.98 Å². The fourth-order valence-electron chi connectivity index (χ4n) is 6.62. The van der Waals surface area contributed by atoms with E-state index in [-0.39, 0.29) is 30.2 Å². The highest BCUT2D eigenvalue weighted by Crippen LogP contribution is 2.65. The van der Waals surface area contributed by atoms with Gasteiger partial charge in [0.15, 0.2) is 0 Å². The van der Waals surface area contributed by atoms with Crippen LogP contribution in [-0.2, 0) is 33.4 Å². The molecule has 0 spiro atoms. The molecule has 0 aromatic carbocycles. The molecule has 1 saturated carbocycles. The summed E-state index contributed by atoms with van der Waals surface area (Å²) >= 11 is 0. The molecule has 2 aliphatic carbocycles. The lowest BCUT2D eigenvalue weighted by molar-refractivity contribution is -0.235. The van der Waals surface area contributed by atoms with Crippen LogP contribution in [0.1, 0.15) is 72.1 Å². The van der Waals surface area contributed by atoms with Gasteiger partial charge in [0, 0.05) is 42.1 Å². The van der Waals surface area contributed by atoms with Gasteiger partial charge in [0.2, 0.25) is 0 Å². The highest BCUT2D eigenvalue weighted by Gasteiger charge is 2.74. The highest BCUT2D eigenvalue weighted by atomic mass is 16.6. The first-order chi connectivity index (χ1) is 21.7. The monoisotopic (exact) mass is 640 g/mol. The molecular weight excluding hydrogens is 596 g/mol. The molecule has 7 N–H and O–H groups in total. The SMILES string of the molecule is CC(=O)O[C@]12CCC(C(=O)Nc3ccncc3)=CC[C@]13CC[C@H]2[C@@](C)(/C=C/C=C(\C)C(=O)O)OC3=O.NCCCCC(N)C(=O)O. The van der Waals surface area contributed by atoms with E-state index in [9.17, 15) is 24.0 Å². The molecule has 4 rings (SSSR count). The van der Waals surface area contributed by atoms with Gasteiger partial charge in [-0.05, 0) is 83.5 Å². The number of unbranched alkanes of at least 4 members (excludes halogenated alkanes) is 1. The number of aliphatic carboxylic acids is 2. The molecule has 46 heavy (non-hydrogen) atoms. The third-order valence-corrected chi connectivity index (χ3v) is 9.04. The first kappa shape index (κ1) is 36.1. The van der Waals surface area contributed by atoms with E-state index in [0.29, 0.717) is 43.5 Å². The molecule has 1 unspecified atom stereocenters. The van der Waals surface area contributed by atoms with Crippen molar-refractivity contribution >= 4 is 35.5 Å². The summed E-state index contributed by atoms with van der Waals surface area (Å²) in [6, 6.07) is 2.66.